The van der Waals surface area contributed by atoms with Crippen LogP contribution in [0.15, 0.2) is 30.7 Å². The largest absolute Gasteiger partial charge is 0.494 e. The summed E-state index contributed by atoms with van der Waals surface area (Å²) in [6.07, 6.45) is 5.40. The van der Waals surface area contributed by atoms with Gasteiger partial charge in [-0.05, 0) is 52.7 Å². The summed E-state index contributed by atoms with van der Waals surface area (Å²) in [5.41, 5.74) is 2.00. The van der Waals surface area contributed by atoms with Crippen LogP contribution in [0.25, 0.3) is 5.69 Å². The van der Waals surface area contributed by atoms with E-state index in [0.717, 1.165) is 48.3 Å². The fourth-order valence-electron chi connectivity index (χ4n) is 3.72. The lowest BCUT2D eigenvalue weighted by molar-refractivity contribution is 0.0727. The molecule has 166 valence electrons. The van der Waals surface area contributed by atoms with Gasteiger partial charge in [-0.25, -0.2) is 9.67 Å². The molecule has 1 atom stereocenters. The lowest BCUT2D eigenvalue weighted by Gasteiger charge is -2.32. The lowest BCUT2D eigenvalue weighted by Crippen LogP contribution is -2.37. The number of hydrogen-bond donors (Lipinski definition) is 2. The highest BCUT2D eigenvalue weighted by atomic mass is 16.5. The second-order valence-corrected chi connectivity index (χ2v) is 8.80. The van der Waals surface area contributed by atoms with E-state index in [2.05, 4.69) is 22.1 Å². The molecule has 1 unspecified atom stereocenters. The van der Waals surface area contributed by atoms with Crippen molar-refractivity contribution in [2.24, 2.45) is 0 Å². The number of ether oxygens (including phenoxy) is 1. The molecular weight excluding hydrogens is 394 g/mol. The third-order valence-corrected chi connectivity index (χ3v) is 5.55. The fourth-order valence-corrected chi connectivity index (χ4v) is 3.72. The SMILES string of the molecule is COc1cc(Nc2nc3n(n2)C(C)CCN3CCC(C)(C)O)ccc1-n1cnc(C)c1. The van der Waals surface area contributed by atoms with Crippen LogP contribution in [-0.2, 0) is 0 Å². The molecule has 1 aliphatic rings. The second-order valence-electron chi connectivity index (χ2n) is 8.80. The van der Waals surface area contributed by atoms with Gasteiger partial charge in [0.05, 0.1) is 36.5 Å². The Bertz CT molecular complexity index is 1050. The molecule has 0 fully saturated rings. The molecule has 2 N–H and O–H groups in total. The first-order chi connectivity index (χ1) is 14.7. The van der Waals surface area contributed by atoms with Crippen LogP contribution in [0.3, 0.4) is 0 Å². The summed E-state index contributed by atoms with van der Waals surface area (Å²) in [6, 6.07) is 6.16. The van der Waals surface area contributed by atoms with Crippen molar-refractivity contribution in [3.8, 4) is 11.4 Å². The molecule has 0 saturated carbocycles. The summed E-state index contributed by atoms with van der Waals surface area (Å²) < 4.78 is 9.51. The van der Waals surface area contributed by atoms with Crippen molar-refractivity contribution in [2.75, 3.05) is 30.4 Å². The van der Waals surface area contributed by atoms with E-state index in [-0.39, 0.29) is 6.04 Å². The molecule has 9 nitrogen and oxygen atoms in total. The van der Waals surface area contributed by atoms with Crippen LogP contribution < -0.4 is 15.0 Å². The van der Waals surface area contributed by atoms with Gasteiger partial charge in [-0.2, -0.15) is 4.98 Å². The Kier molecular flexibility index (Phi) is 5.62. The van der Waals surface area contributed by atoms with Crippen molar-refractivity contribution in [1.82, 2.24) is 24.3 Å². The van der Waals surface area contributed by atoms with E-state index in [1.54, 1.807) is 13.4 Å². The molecule has 1 aliphatic heterocycles. The lowest BCUT2D eigenvalue weighted by atomic mass is 10.1. The summed E-state index contributed by atoms with van der Waals surface area (Å²) in [5, 5.41) is 18.1. The number of benzene rings is 1. The predicted molar refractivity (Wildman–Crippen MR) is 121 cm³/mol. The number of methoxy groups -OCH3 is 1. The standard InChI is InChI=1S/C22H31N7O2/c1-15-13-28(14-23-15)18-7-6-17(12-19(18)31-5)24-20-25-21-27(11-9-22(3,4)30)10-8-16(2)29(21)26-20/h6-7,12-14,16,30H,8-11H2,1-5H3,(H,24,26). The fraction of sp³-hybridized carbons (Fsp3) is 0.500. The van der Waals surface area contributed by atoms with E-state index in [0.29, 0.717) is 12.4 Å². The molecule has 0 radical (unpaired) electrons. The van der Waals surface area contributed by atoms with Gasteiger partial charge in [0.2, 0.25) is 11.9 Å². The molecule has 4 rings (SSSR count). The van der Waals surface area contributed by atoms with Crippen molar-refractivity contribution < 1.29 is 9.84 Å². The van der Waals surface area contributed by atoms with Gasteiger partial charge in [-0.1, -0.05) is 0 Å². The number of hydrogen-bond acceptors (Lipinski definition) is 7. The highest BCUT2D eigenvalue weighted by molar-refractivity contribution is 5.62. The van der Waals surface area contributed by atoms with Gasteiger partial charge in [-0.3, -0.25) is 0 Å². The molecule has 2 aromatic heterocycles. The second kappa shape index (κ2) is 8.22. The van der Waals surface area contributed by atoms with Gasteiger partial charge in [0.1, 0.15) is 5.75 Å². The van der Waals surface area contributed by atoms with E-state index in [1.165, 1.54) is 0 Å². The summed E-state index contributed by atoms with van der Waals surface area (Å²) in [4.78, 5) is 11.2. The third-order valence-electron chi connectivity index (χ3n) is 5.55. The van der Waals surface area contributed by atoms with E-state index < -0.39 is 5.60 Å². The van der Waals surface area contributed by atoms with E-state index >= 15 is 0 Å². The minimum absolute atomic E-state index is 0.276. The smallest absolute Gasteiger partial charge is 0.248 e. The topological polar surface area (TPSA) is 93.3 Å². The number of aryl methyl sites for hydroxylation is 1. The quantitative estimate of drug-likeness (QED) is 0.599. The average Bonchev–Trinajstić information content (AvgIpc) is 3.33. The summed E-state index contributed by atoms with van der Waals surface area (Å²) >= 11 is 0. The van der Waals surface area contributed by atoms with Crippen molar-refractivity contribution in [1.29, 1.82) is 0 Å². The first kappa shape index (κ1) is 21.2. The van der Waals surface area contributed by atoms with Gasteiger partial charge < -0.3 is 24.6 Å². The Morgan fingerprint density at radius 1 is 1.32 bits per heavy atom. The first-order valence-electron chi connectivity index (χ1n) is 10.6. The molecule has 31 heavy (non-hydrogen) atoms. The first-order valence-corrected chi connectivity index (χ1v) is 10.6. The van der Waals surface area contributed by atoms with Gasteiger partial charge in [0, 0.05) is 31.0 Å². The maximum atomic E-state index is 10.1. The number of anilines is 3. The number of aromatic nitrogens is 5. The highest BCUT2D eigenvalue weighted by Gasteiger charge is 2.27. The minimum atomic E-state index is -0.707. The van der Waals surface area contributed by atoms with Gasteiger partial charge in [-0.15, -0.1) is 5.10 Å². The summed E-state index contributed by atoms with van der Waals surface area (Å²) in [6.45, 7) is 9.42. The molecule has 0 aliphatic carbocycles. The van der Waals surface area contributed by atoms with Crippen molar-refractivity contribution >= 4 is 17.6 Å². The van der Waals surface area contributed by atoms with Crippen LogP contribution in [0.1, 0.15) is 45.3 Å². The van der Waals surface area contributed by atoms with Crippen LogP contribution in [0, 0.1) is 6.92 Å². The summed E-state index contributed by atoms with van der Waals surface area (Å²) in [7, 11) is 1.65. The molecule has 1 aromatic carbocycles. The number of fused-ring (bicyclic) bond motifs is 1. The molecule has 0 amide bonds. The van der Waals surface area contributed by atoms with Crippen LogP contribution >= 0.6 is 0 Å². The molecule has 0 bridgehead atoms. The number of nitrogens with one attached hydrogen (secondary N) is 1. The van der Waals surface area contributed by atoms with Crippen molar-refractivity contribution in [3.63, 3.8) is 0 Å². The molecule has 3 heterocycles. The average molecular weight is 426 g/mol. The Balaban J connectivity index is 1.56. The molecule has 0 spiro atoms. The highest BCUT2D eigenvalue weighted by Crippen LogP contribution is 2.31. The van der Waals surface area contributed by atoms with Gasteiger partial charge in [0.15, 0.2) is 0 Å². The maximum absolute atomic E-state index is 10.1. The minimum Gasteiger partial charge on any atom is -0.494 e. The van der Waals surface area contributed by atoms with Crippen molar-refractivity contribution in [3.05, 3.63) is 36.4 Å². The zero-order chi connectivity index (χ0) is 22.2. The van der Waals surface area contributed by atoms with Crippen LogP contribution in [0.5, 0.6) is 5.75 Å². The van der Waals surface area contributed by atoms with Crippen LogP contribution in [-0.4, -0.2) is 55.2 Å². The zero-order valence-corrected chi connectivity index (χ0v) is 18.8. The number of aliphatic hydroxyl groups is 1. The predicted octanol–water partition coefficient (Wildman–Crippen LogP) is 3.46. The summed E-state index contributed by atoms with van der Waals surface area (Å²) in [5.74, 6) is 2.11. The van der Waals surface area contributed by atoms with Gasteiger partial charge >= 0.3 is 0 Å². The van der Waals surface area contributed by atoms with Crippen molar-refractivity contribution in [2.45, 2.75) is 52.2 Å². The Morgan fingerprint density at radius 3 is 2.81 bits per heavy atom. The van der Waals surface area contributed by atoms with Crippen LogP contribution in [0.4, 0.5) is 17.6 Å². The number of rotatable bonds is 7. The zero-order valence-electron chi connectivity index (χ0n) is 18.8. The monoisotopic (exact) mass is 425 g/mol. The van der Waals surface area contributed by atoms with E-state index in [9.17, 15) is 5.11 Å². The Morgan fingerprint density at radius 2 is 2.13 bits per heavy atom. The van der Waals surface area contributed by atoms with E-state index in [1.807, 2.05) is 54.4 Å². The number of nitrogens with zero attached hydrogens (tertiary/aromatic N) is 6. The molecule has 3 aromatic rings. The normalized spacial score (nSPS) is 16.3. The Hall–Kier alpha value is -3.07. The third kappa shape index (κ3) is 4.66. The number of imidazole rings is 1. The Labute approximate surface area is 182 Å². The van der Waals surface area contributed by atoms with E-state index in [4.69, 9.17) is 14.8 Å². The molecular formula is C22H31N7O2. The molecule has 0 saturated heterocycles. The maximum Gasteiger partial charge on any atom is 0.248 e. The van der Waals surface area contributed by atoms with Gasteiger partial charge in [0.25, 0.3) is 0 Å². The molecule has 9 heteroatoms. The van der Waals surface area contributed by atoms with Crippen LogP contribution in [0.2, 0.25) is 0 Å².